The Morgan fingerprint density at radius 3 is 2.46 bits per heavy atom. The van der Waals surface area contributed by atoms with Crippen LogP contribution in [0.5, 0.6) is 5.75 Å². The number of nitrogen functional groups attached to an aromatic ring is 1. The number of rotatable bonds is 4. The van der Waals surface area contributed by atoms with Crippen LogP contribution >= 0.6 is 0 Å². The molecule has 0 saturated carbocycles. The molecule has 10 heteroatoms. The van der Waals surface area contributed by atoms with Gasteiger partial charge in [-0.2, -0.15) is 10.2 Å². The van der Waals surface area contributed by atoms with Gasteiger partial charge >= 0.3 is 0 Å². The number of para-hydroxylation sites is 1. The molecule has 3 aromatic heterocycles. The summed E-state index contributed by atoms with van der Waals surface area (Å²) in [5.41, 5.74) is 9.93. The van der Waals surface area contributed by atoms with Crippen LogP contribution in [0.1, 0.15) is 43.3 Å². The zero-order valence-electron chi connectivity index (χ0n) is 19.5. The number of benzene rings is 1. The zero-order valence-corrected chi connectivity index (χ0v) is 19.5. The first kappa shape index (κ1) is 21.7. The van der Waals surface area contributed by atoms with Crippen molar-refractivity contribution in [1.29, 1.82) is 0 Å². The first-order valence-corrected chi connectivity index (χ1v) is 12.3. The summed E-state index contributed by atoms with van der Waals surface area (Å²) in [5.74, 6) is 1.98. The number of phenols is 1. The largest absolute Gasteiger partial charge is 0.507 e. The summed E-state index contributed by atoms with van der Waals surface area (Å²) in [7, 11) is 0. The maximum Gasteiger partial charge on any atom is 0.174 e. The molecule has 6 rings (SSSR count). The quantitative estimate of drug-likeness (QED) is 0.411. The molecule has 0 radical (unpaired) electrons. The highest BCUT2D eigenvalue weighted by molar-refractivity contribution is 5.87. The Labute approximate surface area is 203 Å². The van der Waals surface area contributed by atoms with E-state index in [1.807, 2.05) is 22.9 Å². The van der Waals surface area contributed by atoms with E-state index in [-0.39, 0.29) is 11.8 Å². The molecule has 4 N–H and O–H groups in total. The lowest BCUT2D eigenvalue weighted by Gasteiger charge is -2.33. The molecule has 2 fully saturated rings. The molecule has 35 heavy (non-hydrogen) atoms. The van der Waals surface area contributed by atoms with Crippen LogP contribution < -0.4 is 16.0 Å². The molecule has 0 atom stereocenters. The van der Waals surface area contributed by atoms with Gasteiger partial charge in [-0.3, -0.25) is 4.68 Å². The minimum atomic E-state index is 0.167. The maximum atomic E-state index is 10.3. The Kier molecular flexibility index (Phi) is 5.65. The molecule has 0 bridgehead atoms. The number of fused-ring (bicyclic) bond motifs is 1. The standard InChI is InChI=1S/C25H29N9O/c26-25-24-21(15-20(29-31-24)18-3-1-2-4-22(18)35)34(32-25)17-9-13-33(14-10-17)23-6-5-19(28-30-23)16-7-11-27-12-8-16/h1-6,15-17,27,35H,7-14H2,(H2,26,32). The van der Waals surface area contributed by atoms with Crippen molar-refractivity contribution < 1.29 is 5.11 Å². The van der Waals surface area contributed by atoms with E-state index in [0.29, 0.717) is 28.5 Å². The third-order valence-corrected chi connectivity index (χ3v) is 7.22. The lowest BCUT2D eigenvalue weighted by atomic mass is 9.94. The van der Waals surface area contributed by atoms with Gasteiger partial charge in [0.25, 0.3) is 0 Å². The van der Waals surface area contributed by atoms with Crippen molar-refractivity contribution >= 4 is 22.7 Å². The van der Waals surface area contributed by atoms with Crippen molar-refractivity contribution in [2.75, 3.05) is 36.8 Å². The summed E-state index contributed by atoms with van der Waals surface area (Å²) in [5, 5.41) is 36.0. The topological polar surface area (TPSA) is 131 Å². The van der Waals surface area contributed by atoms with Crippen LogP contribution in [-0.4, -0.2) is 61.5 Å². The number of piperidine rings is 2. The van der Waals surface area contributed by atoms with Gasteiger partial charge in [-0.05, 0) is 69.1 Å². The Morgan fingerprint density at radius 1 is 0.914 bits per heavy atom. The normalized spacial score (nSPS) is 17.8. The lowest BCUT2D eigenvalue weighted by molar-refractivity contribution is 0.375. The highest BCUT2D eigenvalue weighted by atomic mass is 16.3. The van der Waals surface area contributed by atoms with E-state index in [4.69, 9.17) is 5.73 Å². The first-order chi connectivity index (χ1) is 17.2. The fourth-order valence-electron chi connectivity index (χ4n) is 5.24. The summed E-state index contributed by atoms with van der Waals surface area (Å²) in [6, 6.07) is 13.5. The van der Waals surface area contributed by atoms with Crippen LogP contribution in [0, 0.1) is 0 Å². The van der Waals surface area contributed by atoms with Gasteiger partial charge in [0.2, 0.25) is 0 Å². The second kappa shape index (κ2) is 9.10. The van der Waals surface area contributed by atoms with E-state index in [1.165, 1.54) is 0 Å². The third kappa shape index (κ3) is 4.14. The molecule has 0 spiro atoms. The predicted octanol–water partition coefficient (Wildman–Crippen LogP) is 2.88. The molecule has 1 aromatic carbocycles. The van der Waals surface area contributed by atoms with Crippen molar-refractivity contribution in [1.82, 2.24) is 35.5 Å². The predicted molar refractivity (Wildman–Crippen MR) is 134 cm³/mol. The summed E-state index contributed by atoms with van der Waals surface area (Å²) in [6.07, 6.45) is 4.05. The van der Waals surface area contributed by atoms with E-state index in [1.54, 1.807) is 12.1 Å². The molecule has 10 nitrogen and oxygen atoms in total. The smallest absolute Gasteiger partial charge is 0.174 e. The first-order valence-electron chi connectivity index (χ1n) is 12.3. The van der Waals surface area contributed by atoms with Gasteiger partial charge in [0.1, 0.15) is 5.75 Å². The maximum absolute atomic E-state index is 10.3. The molecular weight excluding hydrogens is 442 g/mol. The minimum absolute atomic E-state index is 0.167. The highest BCUT2D eigenvalue weighted by Crippen LogP contribution is 2.33. The molecule has 0 aliphatic carbocycles. The summed E-state index contributed by atoms with van der Waals surface area (Å²) >= 11 is 0. The van der Waals surface area contributed by atoms with Crippen molar-refractivity contribution in [2.24, 2.45) is 0 Å². The number of hydrogen-bond donors (Lipinski definition) is 3. The molecule has 2 aliphatic heterocycles. The number of phenolic OH excluding ortho intramolecular Hbond substituents is 1. The Bertz CT molecular complexity index is 1320. The summed E-state index contributed by atoms with van der Waals surface area (Å²) in [6.45, 7) is 3.82. The van der Waals surface area contributed by atoms with Gasteiger partial charge in [0.05, 0.1) is 22.9 Å². The average Bonchev–Trinajstić information content (AvgIpc) is 3.25. The van der Waals surface area contributed by atoms with Crippen molar-refractivity contribution in [2.45, 2.75) is 37.6 Å². The Balaban J connectivity index is 1.19. The SMILES string of the molecule is Nc1nn(C2CCN(c3ccc(C4CCNCC4)nn3)CC2)c2cc(-c3ccccc3O)nnc12. The van der Waals surface area contributed by atoms with Crippen LogP contribution in [0.25, 0.3) is 22.3 Å². The molecule has 0 unspecified atom stereocenters. The fourth-order valence-corrected chi connectivity index (χ4v) is 5.24. The molecular formula is C25H29N9O. The van der Waals surface area contributed by atoms with E-state index in [9.17, 15) is 5.11 Å². The van der Waals surface area contributed by atoms with Gasteiger partial charge in [-0.1, -0.05) is 12.1 Å². The highest BCUT2D eigenvalue weighted by Gasteiger charge is 2.26. The monoisotopic (exact) mass is 471 g/mol. The second-order valence-corrected chi connectivity index (χ2v) is 9.37. The average molecular weight is 472 g/mol. The molecule has 0 amide bonds. The van der Waals surface area contributed by atoms with Gasteiger partial charge in [0.15, 0.2) is 17.2 Å². The number of anilines is 2. The van der Waals surface area contributed by atoms with Crippen LogP contribution in [-0.2, 0) is 0 Å². The minimum Gasteiger partial charge on any atom is -0.507 e. The molecule has 180 valence electrons. The lowest BCUT2D eigenvalue weighted by Crippen LogP contribution is -2.35. The molecule has 5 heterocycles. The summed E-state index contributed by atoms with van der Waals surface area (Å²) in [4.78, 5) is 2.29. The molecule has 4 aromatic rings. The van der Waals surface area contributed by atoms with Crippen LogP contribution in [0.3, 0.4) is 0 Å². The molecule has 2 saturated heterocycles. The van der Waals surface area contributed by atoms with Gasteiger partial charge in [-0.15, -0.1) is 15.3 Å². The van der Waals surface area contributed by atoms with E-state index in [0.717, 1.165) is 68.9 Å². The van der Waals surface area contributed by atoms with E-state index in [2.05, 4.69) is 47.8 Å². The number of aromatic nitrogens is 6. The molecule has 2 aliphatic rings. The zero-order chi connectivity index (χ0) is 23.8. The van der Waals surface area contributed by atoms with E-state index < -0.39 is 0 Å². The van der Waals surface area contributed by atoms with Crippen LogP contribution in [0.2, 0.25) is 0 Å². The summed E-state index contributed by atoms with van der Waals surface area (Å²) < 4.78 is 1.98. The van der Waals surface area contributed by atoms with Crippen LogP contribution in [0.15, 0.2) is 42.5 Å². The fraction of sp³-hybridized carbons (Fsp3) is 0.400. The van der Waals surface area contributed by atoms with Gasteiger partial charge < -0.3 is 21.1 Å². The van der Waals surface area contributed by atoms with Crippen LogP contribution in [0.4, 0.5) is 11.6 Å². The second-order valence-electron chi connectivity index (χ2n) is 9.37. The van der Waals surface area contributed by atoms with Gasteiger partial charge in [0, 0.05) is 24.6 Å². The van der Waals surface area contributed by atoms with Crippen molar-refractivity contribution in [3.05, 3.63) is 48.2 Å². The van der Waals surface area contributed by atoms with Gasteiger partial charge in [-0.25, -0.2) is 0 Å². The number of nitrogens with zero attached hydrogens (tertiary/aromatic N) is 7. The number of aromatic hydroxyl groups is 1. The third-order valence-electron chi connectivity index (χ3n) is 7.22. The number of hydrogen-bond acceptors (Lipinski definition) is 9. The van der Waals surface area contributed by atoms with Crippen molar-refractivity contribution in [3.63, 3.8) is 0 Å². The van der Waals surface area contributed by atoms with E-state index >= 15 is 0 Å². The van der Waals surface area contributed by atoms with Crippen molar-refractivity contribution in [3.8, 4) is 17.0 Å². The number of nitrogens with one attached hydrogen (secondary N) is 1. The number of nitrogens with two attached hydrogens (primary N) is 1. The Morgan fingerprint density at radius 2 is 1.71 bits per heavy atom. The Hall–Kier alpha value is -3.79.